The Balaban J connectivity index is 2.80. The quantitative estimate of drug-likeness (QED) is 0.815. The number of halogens is 1. The molecule has 1 aromatic carbocycles. The smallest absolute Gasteiger partial charge is 0.224 e. The highest BCUT2D eigenvalue weighted by Crippen LogP contribution is 2.23. The second-order valence-electron chi connectivity index (χ2n) is 4.32. The number of benzene rings is 1. The highest BCUT2D eigenvalue weighted by Gasteiger charge is 2.10. The van der Waals surface area contributed by atoms with Gasteiger partial charge in [-0.2, -0.15) is 0 Å². The van der Waals surface area contributed by atoms with Gasteiger partial charge in [-0.3, -0.25) is 4.79 Å². The zero-order valence-corrected chi connectivity index (χ0v) is 12.1. The highest BCUT2D eigenvalue weighted by molar-refractivity contribution is 7.80. The first-order valence-electron chi connectivity index (χ1n) is 5.83. The summed E-state index contributed by atoms with van der Waals surface area (Å²) in [6.45, 7) is 4.09. The molecule has 5 heteroatoms. The maximum absolute atomic E-state index is 11.8. The predicted molar refractivity (Wildman–Crippen MR) is 80.0 cm³/mol. The Bertz CT molecular complexity index is 462. The average Bonchev–Trinajstić information content (AvgIpc) is 2.31. The largest absolute Gasteiger partial charge is 0.389 e. The number of rotatable bonds is 5. The van der Waals surface area contributed by atoms with Gasteiger partial charge in [-0.25, -0.2) is 0 Å². The monoisotopic (exact) mass is 284 g/mol. The van der Waals surface area contributed by atoms with Gasteiger partial charge in [-0.15, -0.1) is 0 Å². The summed E-state index contributed by atoms with van der Waals surface area (Å²) in [5.41, 5.74) is 6.78. The lowest BCUT2D eigenvalue weighted by Crippen LogP contribution is -2.16. The maximum Gasteiger partial charge on any atom is 0.224 e. The molecule has 0 aliphatic heterocycles. The van der Waals surface area contributed by atoms with Crippen LogP contribution in [-0.4, -0.2) is 10.9 Å². The van der Waals surface area contributed by atoms with E-state index in [4.69, 9.17) is 29.6 Å². The van der Waals surface area contributed by atoms with Gasteiger partial charge in [0.1, 0.15) is 4.99 Å². The minimum absolute atomic E-state index is 0.0497. The second-order valence-corrected chi connectivity index (χ2v) is 5.17. The topological polar surface area (TPSA) is 55.1 Å². The van der Waals surface area contributed by atoms with E-state index in [0.29, 0.717) is 28.6 Å². The third kappa shape index (κ3) is 4.27. The standard InChI is InChI=1S/C13H17ClN2OS/c1-3-8(2)6-12(17)16-11-7-9(13(15)18)4-5-10(11)14/h4-5,7-8H,3,6H2,1-2H3,(H2,15,18)(H,16,17). The zero-order valence-electron chi connectivity index (χ0n) is 10.5. The van der Waals surface area contributed by atoms with Gasteiger partial charge >= 0.3 is 0 Å². The summed E-state index contributed by atoms with van der Waals surface area (Å²) in [6, 6.07) is 5.10. The van der Waals surface area contributed by atoms with Crippen molar-refractivity contribution in [3.63, 3.8) is 0 Å². The molecule has 1 atom stereocenters. The lowest BCUT2D eigenvalue weighted by atomic mass is 10.0. The molecule has 0 aliphatic rings. The molecule has 1 rings (SSSR count). The van der Waals surface area contributed by atoms with E-state index >= 15 is 0 Å². The van der Waals surface area contributed by atoms with Crippen molar-refractivity contribution in [3.8, 4) is 0 Å². The number of nitrogens with two attached hydrogens (primary N) is 1. The Kier molecular flexibility index (Phi) is 5.56. The summed E-state index contributed by atoms with van der Waals surface area (Å²) in [7, 11) is 0. The fraction of sp³-hybridized carbons (Fsp3) is 0.385. The number of carbonyl (C=O) groups excluding carboxylic acids is 1. The molecule has 1 amide bonds. The Labute approximate surface area is 118 Å². The molecule has 0 saturated heterocycles. The molecule has 0 fully saturated rings. The van der Waals surface area contributed by atoms with E-state index in [9.17, 15) is 4.79 Å². The first-order valence-corrected chi connectivity index (χ1v) is 6.61. The number of amides is 1. The van der Waals surface area contributed by atoms with E-state index in [1.807, 2.05) is 6.92 Å². The van der Waals surface area contributed by atoms with Crippen LogP contribution in [0.3, 0.4) is 0 Å². The molecule has 0 saturated carbocycles. The van der Waals surface area contributed by atoms with Gasteiger partial charge in [0.2, 0.25) is 5.91 Å². The molecular weight excluding hydrogens is 268 g/mol. The molecule has 0 aromatic heterocycles. The maximum atomic E-state index is 11.8. The van der Waals surface area contributed by atoms with Crippen molar-refractivity contribution in [2.24, 2.45) is 11.7 Å². The number of thiocarbonyl (C=S) groups is 1. The summed E-state index contributed by atoms with van der Waals surface area (Å²) in [5, 5.41) is 3.26. The third-order valence-corrected chi connectivity index (χ3v) is 3.32. The minimum Gasteiger partial charge on any atom is -0.389 e. The van der Waals surface area contributed by atoms with Crippen molar-refractivity contribution >= 4 is 40.4 Å². The van der Waals surface area contributed by atoms with Crippen LogP contribution in [0, 0.1) is 5.92 Å². The van der Waals surface area contributed by atoms with Crippen molar-refractivity contribution in [3.05, 3.63) is 28.8 Å². The molecule has 3 nitrogen and oxygen atoms in total. The van der Waals surface area contributed by atoms with E-state index in [1.54, 1.807) is 18.2 Å². The molecule has 0 radical (unpaired) electrons. The number of carbonyl (C=O) groups is 1. The van der Waals surface area contributed by atoms with Gasteiger partial charge < -0.3 is 11.1 Å². The van der Waals surface area contributed by atoms with Crippen LogP contribution in [0.4, 0.5) is 5.69 Å². The fourth-order valence-electron chi connectivity index (χ4n) is 1.44. The Morgan fingerprint density at radius 1 is 1.56 bits per heavy atom. The molecule has 3 N–H and O–H groups in total. The van der Waals surface area contributed by atoms with Crippen LogP contribution in [0.15, 0.2) is 18.2 Å². The molecule has 0 heterocycles. The number of nitrogens with one attached hydrogen (secondary N) is 1. The normalized spacial score (nSPS) is 11.9. The van der Waals surface area contributed by atoms with Crippen molar-refractivity contribution in [2.75, 3.05) is 5.32 Å². The summed E-state index contributed by atoms with van der Waals surface area (Å²) in [5.74, 6) is 0.300. The summed E-state index contributed by atoms with van der Waals surface area (Å²) in [4.78, 5) is 12.1. The summed E-state index contributed by atoms with van der Waals surface area (Å²) < 4.78 is 0. The van der Waals surface area contributed by atoms with Crippen LogP contribution in [0.5, 0.6) is 0 Å². The van der Waals surface area contributed by atoms with Crippen molar-refractivity contribution in [1.82, 2.24) is 0 Å². The van der Waals surface area contributed by atoms with Crippen molar-refractivity contribution < 1.29 is 4.79 Å². The van der Waals surface area contributed by atoms with Gasteiger partial charge in [0, 0.05) is 12.0 Å². The zero-order chi connectivity index (χ0) is 13.7. The Hall–Kier alpha value is -1.13. The van der Waals surface area contributed by atoms with Gasteiger partial charge in [0.25, 0.3) is 0 Å². The Morgan fingerprint density at radius 2 is 2.22 bits per heavy atom. The first kappa shape index (κ1) is 14.9. The highest BCUT2D eigenvalue weighted by atomic mass is 35.5. The van der Waals surface area contributed by atoms with Crippen LogP contribution in [0.2, 0.25) is 5.02 Å². The molecule has 0 spiro atoms. The number of hydrogen-bond donors (Lipinski definition) is 2. The molecule has 0 bridgehead atoms. The van der Waals surface area contributed by atoms with E-state index in [2.05, 4.69) is 12.2 Å². The molecular formula is C13H17ClN2OS. The fourth-order valence-corrected chi connectivity index (χ4v) is 1.73. The average molecular weight is 285 g/mol. The van der Waals surface area contributed by atoms with Gasteiger partial charge in [0.05, 0.1) is 10.7 Å². The van der Waals surface area contributed by atoms with Gasteiger partial charge in [-0.1, -0.05) is 50.2 Å². The van der Waals surface area contributed by atoms with Crippen LogP contribution in [0.1, 0.15) is 32.3 Å². The van der Waals surface area contributed by atoms with Crippen LogP contribution in [-0.2, 0) is 4.79 Å². The molecule has 18 heavy (non-hydrogen) atoms. The minimum atomic E-state index is -0.0497. The SMILES string of the molecule is CCC(C)CC(=O)Nc1cc(C(N)=S)ccc1Cl. The van der Waals surface area contributed by atoms with Gasteiger partial charge in [0.15, 0.2) is 0 Å². The van der Waals surface area contributed by atoms with E-state index in [1.165, 1.54) is 0 Å². The number of hydrogen-bond acceptors (Lipinski definition) is 2. The molecule has 1 unspecified atom stereocenters. The lowest BCUT2D eigenvalue weighted by Gasteiger charge is -2.11. The van der Waals surface area contributed by atoms with E-state index in [-0.39, 0.29) is 10.9 Å². The second kappa shape index (κ2) is 6.71. The van der Waals surface area contributed by atoms with Crippen LogP contribution < -0.4 is 11.1 Å². The molecule has 0 aliphatic carbocycles. The van der Waals surface area contributed by atoms with E-state index < -0.39 is 0 Å². The first-order chi connectivity index (χ1) is 8.43. The predicted octanol–water partition coefficient (Wildman–Crippen LogP) is 3.35. The van der Waals surface area contributed by atoms with Crippen molar-refractivity contribution in [1.29, 1.82) is 0 Å². The van der Waals surface area contributed by atoms with Crippen molar-refractivity contribution in [2.45, 2.75) is 26.7 Å². The molecule has 1 aromatic rings. The van der Waals surface area contributed by atoms with Gasteiger partial charge in [-0.05, 0) is 18.1 Å². The number of anilines is 1. The van der Waals surface area contributed by atoms with Crippen LogP contribution in [0.25, 0.3) is 0 Å². The molecule has 98 valence electrons. The van der Waals surface area contributed by atoms with Crippen LogP contribution >= 0.6 is 23.8 Å². The lowest BCUT2D eigenvalue weighted by molar-refractivity contribution is -0.117. The third-order valence-electron chi connectivity index (χ3n) is 2.76. The Morgan fingerprint density at radius 3 is 2.78 bits per heavy atom. The van der Waals surface area contributed by atoms with E-state index in [0.717, 1.165) is 6.42 Å². The summed E-state index contributed by atoms with van der Waals surface area (Å²) in [6.07, 6.45) is 1.44. The summed E-state index contributed by atoms with van der Waals surface area (Å²) >= 11 is 10.9.